The van der Waals surface area contributed by atoms with E-state index in [0.29, 0.717) is 16.8 Å². The van der Waals surface area contributed by atoms with E-state index in [0.717, 1.165) is 25.6 Å². The third-order valence-corrected chi connectivity index (χ3v) is 3.52. The van der Waals surface area contributed by atoms with E-state index in [2.05, 4.69) is 17.1 Å². The van der Waals surface area contributed by atoms with Crippen molar-refractivity contribution in [2.75, 3.05) is 26.2 Å². The molecule has 0 radical (unpaired) electrons. The van der Waals surface area contributed by atoms with Gasteiger partial charge >= 0.3 is 0 Å². The Hall–Kier alpha value is -1.62. The van der Waals surface area contributed by atoms with Crippen LogP contribution < -0.4 is 10.0 Å². The van der Waals surface area contributed by atoms with Crippen LogP contribution in [0.5, 0.6) is 0 Å². The summed E-state index contributed by atoms with van der Waals surface area (Å²) in [6.07, 6.45) is 5.22. The van der Waals surface area contributed by atoms with Crippen molar-refractivity contribution in [2.45, 2.75) is 19.8 Å². The van der Waals surface area contributed by atoms with Gasteiger partial charge in [-0.05, 0) is 25.3 Å². The van der Waals surface area contributed by atoms with Crippen LogP contribution in [0.3, 0.4) is 0 Å². The number of piperidine rings is 1. The minimum atomic E-state index is -0.120. The summed E-state index contributed by atoms with van der Waals surface area (Å²) >= 11 is 0. The SMILES string of the molecule is CC1CCCN(CCNC(=O)c2cc[n+]([O-])cc2)C1. The van der Waals surface area contributed by atoms with Crippen molar-refractivity contribution in [3.8, 4) is 0 Å². The third-order valence-electron chi connectivity index (χ3n) is 3.52. The van der Waals surface area contributed by atoms with Crippen molar-refractivity contribution in [1.29, 1.82) is 0 Å². The predicted octanol–water partition coefficient (Wildman–Crippen LogP) is 0.782. The van der Waals surface area contributed by atoms with E-state index in [-0.39, 0.29) is 5.91 Å². The summed E-state index contributed by atoms with van der Waals surface area (Å²) in [6.45, 7) is 6.06. The number of aromatic nitrogens is 1. The maximum absolute atomic E-state index is 11.8. The molecule has 1 N–H and O–H groups in total. The first-order valence-corrected chi connectivity index (χ1v) is 6.84. The standard InChI is InChI=1S/C14H21N3O2/c1-12-3-2-7-16(11-12)10-6-15-14(18)13-4-8-17(19)9-5-13/h4-5,8-9,12H,2-3,6-7,10-11H2,1H3,(H,15,18). The Kier molecular flexibility index (Phi) is 4.74. The number of hydrogen-bond donors (Lipinski definition) is 1. The molecule has 1 unspecified atom stereocenters. The first-order chi connectivity index (χ1) is 9.15. The van der Waals surface area contributed by atoms with Gasteiger partial charge in [-0.1, -0.05) is 6.92 Å². The Morgan fingerprint density at radius 1 is 1.53 bits per heavy atom. The number of amides is 1. The number of nitrogens with one attached hydrogen (secondary N) is 1. The van der Waals surface area contributed by atoms with Crippen LogP contribution >= 0.6 is 0 Å². The fourth-order valence-corrected chi connectivity index (χ4v) is 2.48. The number of likely N-dealkylation sites (tertiary alicyclic amines) is 1. The van der Waals surface area contributed by atoms with Crippen molar-refractivity contribution in [2.24, 2.45) is 5.92 Å². The van der Waals surface area contributed by atoms with Gasteiger partial charge in [0.25, 0.3) is 5.91 Å². The molecule has 104 valence electrons. The van der Waals surface area contributed by atoms with Crippen molar-refractivity contribution in [1.82, 2.24) is 10.2 Å². The molecule has 0 aliphatic carbocycles. The van der Waals surface area contributed by atoms with Gasteiger partial charge in [-0.3, -0.25) is 4.79 Å². The Labute approximate surface area is 113 Å². The highest BCUT2D eigenvalue weighted by molar-refractivity contribution is 5.93. The largest absolute Gasteiger partial charge is 0.619 e. The van der Waals surface area contributed by atoms with Crippen LogP contribution in [0.1, 0.15) is 30.1 Å². The van der Waals surface area contributed by atoms with E-state index in [4.69, 9.17) is 0 Å². The van der Waals surface area contributed by atoms with E-state index < -0.39 is 0 Å². The minimum absolute atomic E-state index is 0.120. The van der Waals surface area contributed by atoms with Crippen LogP contribution in [0.15, 0.2) is 24.5 Å². The summed E-state index contributed by atoms with van der Waals surface area (Å²) in [4.78, 5) is 14.2. The highest BCUT2D eigenvalue weighted by Crippen LogP contribution is 2.14. The van der Waals surface area contributed by atoms with Gasteiger partial charge in [0.1, 0.15) is 0 Å². The van der Waals surface area contributed by atoms with Crippen LogP contribution in [0, 0.1) is 11.1 Å². The van der Waals surface area contributed by atoms with Crippen LogP contribution in [0.4, 0.5) is 0 Å². The zero-order valence-electron chi connectivity index (χ0n) is 11.3. The summed E-state index contributed by atoms with van der Waals surface area (Å²) in [5, 5.41) is 13.8. The van der Waals surface area contributed by atoms with Crippen molar-refractivity contribution in [3.63, 3.8) is 0 Å². The normalized spacial score (nSPS) is 20.2. The molecule has 0 saturated carbocycles. The molecule has 5 heteroatoms. The van der Waals surface area contributed by atoms with Crippen molar-refractivity contribution >= 4 is 5.91 Å². The molecule has 1 fully saturated rings. The van der Waals surface area contributed by atoms with Gasteiger partial charge in [0.2, 0.25) is 0 Å². The van der Waals surface area contributed by atoms with Gasteiger partial charge < -0.3 is 15.4 Å². The second-order valence-electron chi connectivity index (χ2n) is 5.25. The van der Waals surface area contributed by atoms with Crippen molar-refractivity contribution < 1.29 is 9.52 Å². The van der Waals surface area contributed by atoms with E-state index in [1.165, 1.54) is 37.4 Å². The molecule has 0 spiro atoms. The first-order valence-electron chi connectivity index (χ1n) is 6.84. The number of pyridine rings is 1. The highest BCUT2D eigenvalue weighted by atomic mass is 16.5. The lowest BCUT2D eigenvalue weighted by molar-refractivity contribution is -0.605. The van der Waals surface area contributed by atoms with Crippen molar-refractivity contribution in [3.05, 3.63) is 35.3 Å². The molecule has 1 atom stereocenters. The number of carbonyl (C=O) groups excluding carboxylic acids is 1. The molecular formula is C14H21N3O2. The topological polar surface area (TPSA) is 59.3 Å². The molecule has 19 heavy (non-hydrogen) atoms. The number of nitrogens with zero attached hydrogens (tertiary/aromatic N) is 2. The fraction of sp³-hybridized carbons (Fsp3) is 0.571. The van der Waals surface area contributed by atoms with Gasteiger partial charge in [0.15, 0.2) is 12.4 Å². The van der Waals surface area contributed by atoms with E-state index >= 15 is 0 Å². The zero-order valence-corrected chi connectivity index (χ0v) is 11.3. The maximum Gasteiger partial charge on any atom is 0.251 e. The van der Waals surface area contributed by atoms with Crippen LogP contribution in [0.25, 0.3) is 0 Å². The van der Waals surface area contributed by atoms with Gasteiger partial charge in [0.05, 0.1) is 5.56 Å². The molecule has 2 rings (SSSR count). The average Bonchev–Trinajstić information content (AvgIpc) is 2.39. The first kappa shape index (κ1) is 13.8. The van der Waals surface area contributed by atoms with Crippen LogP contribution in [-0.4, -0.2) is 37.0 Å². The summed E-state index contributed by atoms with van der Waals surface area (Å²) in [5.41, 5.74) is 0.527. The summed E-state index contributed by atoms with van der Waals surface area (Å²) < 4.78 is 0.673. The summed E-state index contributed by atoms with van der Waals surface area (Å²) in [5.74, 6) is 0.636. The average molecular weight is 263 g/mol. The summed E-state index contributed by atoms with van der Waals surface area (Å²) in [7, 11) is 0. The quantitative estimate of drug-likeness (QED) is 0.645. The molecule has 1 aromatic rings. The number of hydrogen-bond acceptors (Lipinski definition) is 3. The number of carbonyl (C=O) groups is 1. The fourth-order valence-electron chi connectivity index (χ4n) is 2.48. The lowest BCUT2D eigenvalue weighted by Gasteiger charge is -2.30. The van der Waals surface area contributed by atoms with Crippen LogP contribution in [-0.2, 0) is 0 Å². The van der Waals surface area contributed by atoms with E-state index in [1.807, 2.05) is 0 Å². The van der Waals surface area contributed by atoms with E-state index in [1.54, 1.807) is 0 Å². The molecular weight excluding hydrogens is 242 g/mol. The van der Waals surface area contributed by atoms with Gasteiger partial charge in [-0.15, -0.1) is 0 Å². The molecule has 1 aromatic heterocycles. The number of rotatable bonds is 4. The second kappa shape index (κ2) is 6.52. The molecule has 0 bridgehead atoms. The summed E-state index contributed by atoms with van der Waals surface area (Å²) in [6, 6.07) is 3.07. The van der Waals surface area contributed by atoms with Crippen LogP contribution in [0.2, 0.25) is 0 Å². The van der Waals surface area contributed by atoms with E-state index in [9.17, 15) is 10.0 Å². The molecule has 1 amide bonds. The molecule has 2 heterocycles. The Bertz CT molecular complexity index is 419. The smallest absolute Gasteiger partial charge is 0.251 e. The molecule has 1 aliphatic heterocycles. The molecule has 5 nitrogen and oxygen atoms in total. The molecule has 1 aliphatic rings. The Morgan fingerprint density at radius 3 is 2.95 bits per heavy atom. The Morgan fingerprint density at radius 2 is 2.26 bits per heavy atom. The van der Waals surface area contributed by atoms with Gasteiger partial charge in [0, 0.05) is 31.8 Å². The third kappa shape index (κ3) is 4.21. The molecule has 0 aromatic carbocycles. The monoisotopic (exact) mass is 263 g/mol. The zero-order chi connectivity index (χ0) is 13.7. The Balaban J connectivity index is 1.73. The van der Waals surface area contributed by atoms with Gasteiger partial charge in [-0.25, -0.2) is 0 Å². The lowest BCUT2D eigenvalue weighted by Crippen LogP contribution is -2.40. The maximum atomic E-state index is 11.8. The lowest BCUT2D eigenvalue weighted by atomic mass is 10.0. The molecule has 1 saturated heterocycles. The van der Waals surface area contributed by atoms with Gasteiger partial charge in [-0.2, -0.15) is 4.73 Å². The highest BCUT2D eigenvalue weighted by Gasteiger charge is 2.15. The second-order valence-corrected chi connectivity index (χ2v) is 5.25. The predicted molar refractivity (Wildman–Crippen MR) is 72.6 cm³/mol. The minimum Gasteiger partial charge on any atom is -0.619 e.